The second kappa shape index (κ2) is 18.4. The highest BCUT2D eigenvalue weighted by Crippen LogP contribution is 2.38. The number of aliphatic hydroxyl groups excluding tert-OH is 1. The Kier molecular flexibility index (Phi) is 14.5. The molecule has 4 aromatic carbocycles. The Labute approximate surface area is 324 Å². The van der Waals surface area contributed by atoms with Crippen molar-refractivity contribution in [3.63, 3.8) is 0 Å². The molecule has 0 aliphatic carbocycles. The SMILES string of the molecule is C=C(OC(C)(C)C)N(CCC)Cc1ccc(C(F)(F)F)c(/C=C/c2cccc(-c3cccc(/C=C/c4cc(CNCCO)ccc4C(F)(F)F)c3C)c2Cl)c1. The van der Waals surface area contributed by atoms with E-state index in [0.29, 0.717) is 70.5 Å². The number of benzene rings is 4. The van der Waals surface area contributed by atoms with Crippen LogP contribution < -0.4 is 5.32 Å². The maximum atomic E-state index is 14.2. The fourth-order valence-corrected chi connectivity index (χ4v) is 6.40. The van der Waals surface area contributed by atoms with Crippen LogP contribution in [-0.2, 0) is 30.2 Å². The van der Waals surface area contributed by atoms with Crippen molar-refractivity contribution in [3.05, 3.63) is 140 Å². The molecule has 0 aliphatic heterocycles. The minimum Gasteiger partial charge on any atom is -0.474 e. The molecule has 0 atom stereocenters. The molecule has 0 spiro atoms. The predicted octanol–water partition coefficient (Wildman–Crippen LogP) is 12.3. The summed E-state index contributed by atoms with van der Waals surface area (Å²) in [6.07, 6.45) is -2.40. The van der Waals surface area contributed by atoms with E-state index in [-0.39, 0.29) is 17.7 Å². The van der Waals surface area contributed by atoms with Gasteiger partial charge in [0.15, 0.2) is 5.88 Å². The number of alkyl halides is 6. The minimum atomic E-state index is -4.60. The Morgan fingerprint density at radius 2 is 1.31 bits per heavy atom. The van der Waals surface area contributed by atoms with Gasteiger partial charge in [-0.2, -0.15) is 26.3 Å². The van der Waals surface area contributed by atoms with Gasteiger partial charge in [-0.25, -0.2) is 0 Å². The maximum Gasteiger partial charge on any atom is 0.416 e. The van der Waals surface area contributed by atoms with E-state index < -0.39 is 29.1 Å². The zero-order chi connectivity index (χ0) is 40.6. The van der Waals surface area contributed by atoms with E-state index >= 15 is 0 Å². The van der Waals surface area contributed by atoms with Crippen molar-refractivity contribution < 1.29 is 36.2 Å². The number of hydrogen-bond acceptors (Lipinski definition) is 4. The summed E-state index contributed by atoms with van der Waals surface area (Å²) in [5.74, 6) is 0.438. The average Bonchev–Trinajstić information content (AvgIpc) is 3.09. The maximum absolute atomic E-state index is 14.2. The normalized spacial score (nSPS) is 12.5. The minimum absolute atomic E-state index is 0.00527. The molecule has 0 radical (unpaired) electrons. The van der Waals surface area contributed by atoms with Gasteiger partial charge in [-0.1, -0.05) is 91.4 Å². The highest BCUT2D eigenvalue weighted by Gasteiger charge is 2.34. The Morgan fingerprint density at radius 1 is 0.782 bits per heavy atom. The largest absolute Gasteiger partial charge is 0.474 e. The molecule has 0 bridgehead atoms. The topological polar surface area (TPSA) is 44.7 Å². The van der Waals surface area contributed by atoms with Gasteiger partial charge in [-0.05, 0) is 109 Å². The molecule has 2 N–H and O–H groups in total. The first-order valence-electron chi connectivity index (χ1n) is 17.9. The fraction of sp³-hybridized carbons (Fsp3) is 0.318. The number of hydrogen-bond donors (Lipinski definition) is 2. The van der Waals surface area contributed by atoms with Crippen LogP contribution in [0.2, 0.25) is 5.02 Å². The summed E-state index contributed by atoms with van der Waals surface area (Å²) in [4.78, 5) is 1.90. The first-order valence-corrected chi connectivity index (χ1v) is 18.3. The summed E-state index contributed by atoms with van der Waals surface area (Å²) in [7, 11) is 0. The van der Waals surface area contributed by atoms with Crippen LogP contribution in [0.4, 0.5) is 26.3 Å². The number of rotatable bonds is 15. The molecule has 0 amide bonds. The van der Waals surface area contributed by atoms with Gasteiger partial charge in [0, 0.05) is 31.7 Å². The third kappa shape index (κ3) is 12.0. The predicted molar refractivity (Wildman–Crippen MR) is 212 cm³/mol. The molecule has 294 valence electrons. The number of nitrogens with zero attached hydrogens (tertiary/aromatic N) is 1. The van der Waals surface area contributed by atoms with Crippen LogP contribution in [0, 0.1) is 6.92 Å². The second-order valence-corrected chi connectivity index (χ2v) is 14.5. The molecule has 11 heteroatoms. The molecule has 0 heterocycles. The summed E-state index contributed by atoms with van der Waals surface area (Å²) >= 11 is 6.93. The molecular weight excluding hydrogens is 738 g/mol. The second-order valence-electron chi connectivity index (χ2n) is 14.2. The number of halogens is 7. The summed E-state index contributed by atoms with van der Waals surface area (Å²) in [5.41, 5.74) is 2.41. The highest BCUT2D eigenvalue weighted by molar-refractivity contribution is 6.35. The zero-order valence-electron chi connectivity index (χ0n) is 31.6. The standard InChI is InChI=1S/C44H47ClF6N2O2/c1-7-23-53(30(3)55-42(4,5)6)28-32-15-21-40(44(49,50)51)36(26-32)19-17-34-11-9-13-38(41(34)45)37-12-8-10-33(29(37)2)16-18-35-25-31(27-52-22-24-54)14-20-39(35)43(46,47)48/h8-21,25-26,52,54H,3,7,22-24,27-28H2,1-2,4-6H3/b18-16+,19-17+. The van der Waals surface area contributed by atoms with Gasteiger partial charge in [0.05, 0.1) is 22.8 Å². The van der Waals surface area contributed by atoms with E-state index in [0.717, 1.165) is 24.1 Å². The molecule has 0 saturated heterocycles. The van der Waals surface area contributed by atoms with Crippen molar-refractivity contribution in [1.29, 1.82) is 0 Å². The molecule has 0 saturated carbocycles. The van der Waals surface area contributed by atoms with E-state index in [4.69, 9.17) is 21.4 Å². The average molecular weight is 785 g/mol. The van der Waals surface area contributed by atoms with Crippen molar-refractivity contribution in [2.75, 3.05) is 19.7 Å². The monoisotopic (exact) mass is 784 g/mol. The lowest BCUT2D eigenvalue weighted by Gasteiger charge is -2.31. The fourth-order valence-electron chi connectivity index (χ4n) is 6.11. The Bertz CT molecular complexity index is 2010. The van der Waals surface area contributed by atoms with E-state index in [9.17, 15) is 26.3 Å². The lowest BCUT2D eigenvalue weighted by atomic mass is 9.94. The van der Waals surface area contributed by atoms with Gasteiger partial charge < -0.3 is 20.1 Å². The van der Waals surface area contributed by atoms with Crippen molar-refractivity contribution >= 4 is 35.9 Å². The molecule has 0 aliphatic rings. The van der Waals surface area contributed by atoms with Crippen molar-refractivity contribution in [2.45, 2.75) is 72.1 Å². The van der Waals surface area contributed by atoms with Crippen LogP contribution in [0.5, 0.6) is 0 Å². The third-order valence-electron chi connectivity index (χ3n) is 8.68. The van der Waals surface area contributed by atoms with Crippen molar-refractivity contribution in [1.82, 2.24) is 10.2 Å². The van der Waals surface area contributed by atoms with Crippen LogP contribution >= 0.6 is 11.6 Å². The molecule has 0 unspecified atom stereocenters. The lowest BCUT2D eigenvalue weighted by Crippen LogP contribution is -2.30. The Balaban J connectivity index is 1.68. The highest BCUT2D eigenvalue weighted by atomic mass is 35.5. The molecule has 4 nitrogen and oxygen atoms in total. The summed E-state index contributed by atoms with van der Waals surface area (Å²) in [5, 5.41) is 12.3. The first kappa shape index (κ1) is 43.2. The molecule has 4 aromatic rings. The van der Waals surface area contributed by atoms with Gasteiger partial charge in [-0.15, -0.1) is 0 Å². The van der Waals surface area contributed by atoms with Crippen LogP contribution in [0.25, 0.3) is 35.4 Å². The van der Waals surface area contributed by atoms with E-state index in [1.807, 2.05) is 45.6 Å². The summed E-state index contributed by atoms with van der Waals surface area (Å²) in [6.45, 7) is 15.0. The molecular formula is C44H47ClF6N2O2. The van der Waals surface area contributed by atoms with Crippen molar-refractivity contribution in [3.8, 4) is 11.1 Å². The smallest absolute Gasteiger partial charge is 0.416 e. The molecule has 0 aromatic heterocycles. The van der Waals surface area contributed by atoms with E-state index in [1.165, 1.54) is 36.4 Å². The van der Waals surface area contributed by atoms with Crippen LogP contribution in [0.15, 0.2) is 85.3 Å². The van der Waals surface area contributed by atoms with Crippen LogP contribution in [-0.4, -0.2) is 35.3 Å². The Hall–Kier alpha value is -4.51. The van der Waals surface area contributed by atoms with E-state index in [2.05, 4.69) is 11.9 Å². The number of aliphatic hydroxyl groups is 1. The van der Waals surface area contributed by atoms with E-state index in [1.54, 1.807) is 42.5 Å². The van der Waals surface area contributed by atoms with Gasteiger partial charge in [0.1, 0.15) is 5.60 Å². The summed E-state index contributed by atoms with van der Waals surface area (Å²) < 4.78 is 90.3. The Morgan fingerprint density at radius 3 is 1.87 bits per heavy atom. The number of ether oxygens (including phenoxy) is 1. The van der Waals surface area contributed by atoms with Crippen molar-refractivity contribution in [2.24, 2.45) is 0 Å². The molecule has 55 heavy (non-hydrogen) atoms. The zero-order valence-corrected chi connectivity index (χ0v) is 32.4. The quantitative estimate of drug-likeness (QED) is 0.0545. The lowest BCUT2D eigenvalue weighted by molar-refractivity contribution is -0.138. The van der Waals surface area contributed by atoms with Gasteiger partial charge in [-0.3, -0.25) is 0 Å². The van der Waals surface area contributed by atoms with Gasteiger partial charge in [0.2, 0.25) is 0 Å². The van der Waals surface area contributed by atoms with Gasteiger partial charge >= 0.3 is 12.4 Å². The number of nitrogens with one attached hydrogen (secondary N) is 1. The third-order valence-corrected chi connectivity index (χ3v) is 9.11. The first-order chi connectivity index (χ1) is 25.8. The molecule has 4 rings (SSSR count). The van der Waals surface area contributed by atoms with Gasteiger partial charge in [0.25, 0.3) is 0 Å². The summed E-state index contributed by atoms with van der Waals surface area (Å²) in [6, 6.07) is 18.6. The van der Waals surface area contributed by atoms with Crippen LogP contribution in [0.3, 0.4) is 0 Å². The van der Waals surface area contributed by atoms with Crippen LogP contribution in [0.1, 0.15) is 84.2 Å². The molecule has 0 fully saturated rings.